The van der Waals surface area contributed by atoms with E-state index in [1.807, 2.05) is 0 Å². The molecule has 1 amide bonds. The Bertz CT molecular complexity index is 477. The topological polar surface area (TPSA) is 78.4 Å². The van der Waals surface area contributed by atoms with Gasteiger partial charge in [0.1, 0.15) is 11.9 Å². The van der Waals surface area contributed by atoms with Gasteiger partial charge in [-0.25, -0.2) is 4.39 Å². The summed E-state index contributed by atoms with van der Waals surface area (Å²) in [4.78, 5) is 22.6. The van der Waals surface area contributed by atoms with Crippen molar-refractivity contribution in [3.63, 3.8) is 0 Å². The predicted molar refractivity (Wildman–Crippen MR) is 73.9 cm³/mol. The number of carboxylic acids is 1. The van der Waals surface area contributed by atoms with Crippen LogP contribution in [0.1, 0.15) is 20.3 Å². The first-order chi connectivity index (χ1) is 9.41. The Morgan fingerprint density at radius 3 is 2.50 bits per heavy atom. The molecule has 0 bridgehead atoms. The van der Waals surface area contributed by atoms with Crippen molar-refractivity contribution in [2.24, 2.45) is 5.92 Å². The Labute approximate surface area is 117 Å². The van der Waals surface area contributed by atoms with Gasteiger partial charge in [0.2, 0.25) is 5.91 Å². The van der Waals surface area contributed by atoms with Crippen molar-refractivity contribution in [2.75, 3.05) is 11.9 Å². The summed E-state index contributed by atoms with van der Waals surface area (Å²) in [6, 6.07) is 5.18. The molecule has 3 N–H and O–H groups in total. The molecule has 20 heavy (non-hydrogen) atoms. The average Bonchev–Trinajstić information content (AvgIpc) is 2.36. The molecule has 110 valence electrons. The van der Waals surface area contributed by atoms with Gasteiger partial charge in [-0.1, -0.05) is 26.0 Å². The fourth-order valence-electron chi connectivity index (χ4n) is 1.72. The second kappa shape index (κ2) is 7.59. The second-order valence-electron chi connectivity index (χ2n) is 4.79. The smallest absolute Gasteiger partial charge is 0.320 e. The first-order valence-corrected chi connectivity index (χ1v) is 6.42. The molecule has 0 aromatic heterocycles. The number of benzene rings is 1. The van der Waals surface area contributed by atoms with E-state index in [0.717, 1.165) is 0 Å². The van der Waals surface area contributed by atoms with Gasteiger partial charge in [0, 0.05) is 13.0 Å². The molecule has 0 fully saturated rings. The van der Waals surface area contributed by atoms with Crippen LogP contribution in [0.25, 0.3) is 0 Å². The number of carbonyl (C=O) groups is 2. The van der Waals surface area contributed by atoms with Gasteiger partial charge in [0.05, 0.1) is 5.69 Å². The first kappa shape index (κ1) is 16.1. The van der Waals surface area contributed by atoms with Gasteiger partial charge in [-0.15, -0.1) is 0 Å². The number of carbonyl (C=O) groups excluding carboxylic acids is 1. The van der Waals surface area contributed by atoms with E-state index >= 15 is 0 Å². The monoisotopic (exact) mass is 282 g/mol. The van der Waals surface area contributed by atoms with Crippen molar-refractivity contribution in [1.82, 2.24) is 5.32 Å². The maximum Gasteiger partial charge on any atom is 0.320 e. The van der Waals surface area contributed by atoms with E-state index in [-0.39, 0.29) is 30.5 Å². The normalized spacial score (nSPS) is 12.2. The van der Waals surface area contributed by atoms with Crippen molar-refractivity contribution >= 4 is 17.6 Å². The summed E-state index contributed by atoms with van der Waals surface area (Å²) in [5.41, 5.74) is 0.121. The lowest BCUT2D eigenvalue weighted by Gasteiger charge is -2.17. The molecule has 1 aromatic rings. The van der Waals surface area contributed by atoms with Gasteiger partial charge >= 0.3 is 5.97 Å². The minimum atomic E-state index is -0.950. The van der Waals surface area contributed by atoms with E-state index in [0.29, 0.717) is 0 Å². The van der Waals surface area contributed by atoms with Crippen LogP contribution in [0.5, 0.6) is 0 Å². The number of anilines is 1. The molecule has 0 heterocycles. The molecule has 0 aliphatic heterocycles. The van der Waals surface area contributed by atoms with Crippen LogP contribution in [0, 0.1) is 11.7 Å². The van der Waals surface area contributed by atoms with Crippen molar-refractivity contribution in [3.05, 3.63) is 30.1 Å². The molecule has 0 spiro atoms. The van der Waals surface area contributed by atoms with Crippen LogP contribution in [0.4, 0.5) is 10.1 Å². The van der Waals surface area contributed by atoms with Crippen LogP contribution in [-0.4, -0.2) is 29.6 Å². The van der Waals surface area contributed by atoms with Crippen LogP contribution >= 0.6 is 0 Å². The van der Waals surface area contributed by atoms with Crippen molar-refractivity contribution in [1.29, 1.82) is 0 Å². The number of rotatable bonds is 7. The number of para-hydroxylation sites is 1. The van der Waals surface area contributed by atoms with Crippen molar-refractivity contribution in [3.8, 4) is 0 Å². The van der Waals surface area contributed by atoms with Gasteiger partial charge in [-0.2, -0.15) is 0 Å². The third kappa shape index (κ3) is 4.97. The molecule has 0 radical (unpaired) electrons. The summed E-state index contributed by atoms with van der Waals surface area (Å²) in [7, 11) is 0. The molecule has 6 heteroatoms. The molecular weight excluding hydrogens is 263 g/mol. The summed E-state index contributed by atoms with van der Waals surface area (Å²) < 4.78 is 13.3. The van der Waals surface area contributed by atoms with Gasteiger partial charge < -0.3 is 15.7 Å². The number of halogens is 1. The van der Waals surface area contributed by atoms with Crippen LogP contribution in [0.2, 0.25) is 0 Å². The second-order valence-corrected chi connectivity index (χ2v) is 4.79. The van der Waals surface area contributed by atoms with E-state index in [1.54, 1.807) is 19.9 Å². The van der Waals surface area contributed by atoms with Crippen molar-refractivity contribution in [2.45, 2.75) is 26.3 Å². The fraction of sp³-hybridized carbons (Fsp3) is 0.429. The van der Waals surface area contributed by atoms with Crippen LogP contribution in [0.3, 0.4) is 0 Å². The van der Waals surface area contributed by atoms with E-state index in [2.05, 4.69) is 10.6 Å². The average molecular weight is 282 g/mol. The molecular formula is C14H19FN2O3. The van der Waals surface area contributed by atoms with Crippen LogP contribution in [0.15, 0.2) is 24.3 Å². The van der Waals surface area contributed by atoms with Crippen LogP contribution in [-0.2, 0) is 9.59 Å². The molecule has 0 aliphatic carbocycles. The summed E-state index contributed by atoms with van der Waals surface area (Å²) >= 11 is 0. The number of carboxylic acid groups (broad SMARTS) is 1. The fourth-order valence-corrected chi connectivity index (χ4v) is 1.72. The highest BCUT2D eigenvalue weighted by Gasteiger charge is 2.20. The zero-order chi connectivity index (χ0) is 15.1. The summed E-state index contributed by atoms with van der Waals surface area (Å²) in [6.45, 7) is 3.78. The molecule has 0 saturated heterocycles. The summed E-state index contributed by atoms with van der Waals surface area (Å²) in [6.07, 6.45) is 0.0742. The first-order valence-electron chi connectivity index (χ1n) is 6.42. The minimum absolute atomic E-state index is 0.0742. The lowest BCUT2D eigenvalue weighted by atomic mass is 10.0. The third-order valence-electron chi connectivity index (χ3n) is 2.80. The number of nitrogens with one attached hydrogen (secondary N) is 2. The highest BCUT2D eigenvalue weighted by Crippen LogP contribution is 2.12. The number of aliphatic carboxylic acids is 1. The minimum Gasteiger partial charge on any atom is -0.480 e. The maximum absolute atomic E-state index is 13.3. The Morgan fingerprint density at radius 2 is 1.95 bits per heavy atom. The molecule has 0 saturated carbocycles. The Kier molecular flexibility index (Phi) is 6.11. The van der Waals surface area contributed by atoms with E-state index in [9.17, 15) is 14.0 Å². The molecule has 1 rings (SSSR count). The van der Waals surface area contributed by atoms with E-state index in [4.69, 9.17) is 5.11 Å². The lowest BCUT2D eigenvalue weighted by Crippen LogP contribution is -2.42. The zero-order valence-corrected chi connectivity index (χ0v) is 11.5. The van der Waals surface area contributed by atoms with E-state index < -0.39 is 17.8 Å². The summed E-state index contributed by atoms with van der Waals surface area (Å²) in [5.74, 6) is -1.90. The van der Waals surface area contributed by atoms with E-state index in [1.165, 1.54) is 18.2 Å². The van der Waals surface area contributed by atoms with Gasteiger partial charge in [-0.05, 0) is 18.1 Å². The highest BCUT2D eigenvalue weighted by molar-refractivity contribution is 5.90. The highest BCUT2D eigenvalue weighted by atomic mass is 19.1. The lowest BCUT2D eigenvalue weighted by molar-refractivity contribution is -0.140. The predicted octanol–water partition coefficient (Wildman–Crippen LogP) is 1.85. The van der Waals surface area contributed by atoms with Gasteiger partial charge in [0.15, 0.2) is 0 Å². The van der Waals surface area contributed by atoms with Crippen LogP contribution < -0.4 is 10.6 Å². The molecule has 1 atom stereocenters. The standard InChI is InChI=1S/C14H19FN2O3/c1-9(2)13(14(19)20)16-8-7-12(18)17-11-6-4-3-5-10(11)15/h3-6,9,13,16H,7-8H2,1-2H3,(H,17,18)(H,19,20). The maximum atomic E-state index is 13.3. The molecule has 5 nitrogen and oxygen atoms in total. The van der Waals surface area contributed by atoms with Gasteiger partial charge in [0.25, 0.3) is 0 Å². The number of hydrogen-bond acceptors (Lipinski definition) is 3. The Hall–Kier alpha value is -1.95. The van der Waals surface area contributed by atoms with Crippen molar-refractivity contribution < 1.29 is 19.1 Å². The summed E-state index contributed by atoms with van der Waals surface area (Å²) in [5, 5.41) is 14.2. The zero-order valence-electron chi connectivity index (χ0n) is 11.5. The number of hydrogen-bond donors (Lipinski definition) is 3. The molecule has 1 aromatic carbocycles. The number of amides is 1. The largest absolute Gasteiger partial charge is 0.480 e. The quantitative estimate of drug-likeness (QED) is 0.713. The Balaban J connectivity index is 2.41. The SMILES string of the molecule is CC(C)C(NCCC(=O)Nc1ccccc1F)C(=O)O. The molecule has 0 aliphatic rings. The molecule has 1 unspecified atom stereocenters. The Morgan fingerprint density at radius 1 is 1.30 bits per heavy atom. The van der Waals surface area contributed by atoms with Gasteiger partial charge in [-0.3, -0.25) is 9.59 Å². The third-order valence-corrected chi connectivity index (χ3v) is 2.80.